The average Bonchev–Trinajstić information content (AvgIpc) is 2.36. The van der Waals surface area contributed by atoms with Crippen molar-refractivity contribution in [1.82, 2.24) is 0 Å². The van der Waals surface area contributed by atoms with Crippen molar-refractivity contribution in [3.63, 3.8) is 0 Å². The Morgan fingerprint density at radius 1 is 1.39 bits per heavy atom. The molecule has 0 heterocycles. The smallest absolute Gasteiger partial charge is 0.305 e. The fourth-order valence-corrected chi connectivity index (χ4v) is 1.68. The Balaban J connectivity index is 3.20. The van der Waals surface area contributed by atoms with Gasteiger partial charge in [0.2, 0.25) is 0 Å². The summed E-state index contributed by atoms with van der Waals surface area (Å²) >= 11 is 0. The molecule has 0 fully saturated rings. The first-order valence-corrected chi connectivity index (χ1v) is 5.31. The first-order valence-electron chi connectivity index (χ1n) is 5.31. The van der Waals surface area contributed by atoms with Gasteiger partial charge in [0.25, 0.3) is 0 Å². The molecule has 0 amide bonds. The molecule has 0 radical (unpaired) electrons. The van der Waals surface area contributed by atoms with Crippen molar-refractivity contribution in [2.24, 2.45) is 5.73 Å². The van der Waals surface area contributed by atoms with Gasteiger partial charge in [0.1, 0.15) is 18.2 Å². The molecule has 0 aromatic heterocycles. The number of carboxylic acids is 1. The van der Waals surface area contributed by atoms with Crippen LogP contribution < -0.4 is 15.2 Å². The van der Waals surface area contributed by atoms with E-state index in [9.17, 15) is 9.18 Å². The zero-order chi connectivity index (χ0) is 13.7. The van der Waals surface area contributed by atoms with Crippen molar-refractivity contribution >= 4 is 5.97 Å². The molecule has 0 spiro atoms. The van der Waals surface area contributed by atoms with Gasteiger partial charge >= 0.3 is 5.97 Å². The Bertz CT molecular complexity index is 436. The SMILES string of the molecule is COc1cc(C(N)CC(=O)O)c(OC)cc1CF. The second kappa shape index (κ2) is 6.20. The highest BCUT2D eigenvalue weighted by Gasteiger charge is 2.18. The molecule has 0 bridgehead atoms. The third kappa shape index (κ3) is 3.10. The number of nitrogens with two attached hydrogens (primary N) is 1. The van der Waals surface area contributed by atoms with Crippen LogP contribution in [-0.2, 0) is 11.5 Å². The van der Waals surface area contributed by atoms with Crippen molar-refractivity contribution < 1.29 is 23.8 Å². The highest BCUT2D eigenvalue weighted by molar-refractivity contribution is 5.68. The van der Waals surface area contributed by atoms with E-state index in [1.54, 1.807) is 0 Å². The van der Waals surface area contributed by atoms with E-state index in [0.29, 0.717) is 22.6 Å². The zero-order valence-corrected chi connectivity index (χ0v) is 10.3. The molecule has 1 rings (SSSR count). The van der Waals surface area contributed by atoms with Crippen LogP contribution in [0.5, 0.6) is 11.5 Å². The van der Waals surface area contributed by atoms with Crippen LogP contribution in [0.25, 0.3) is 0 Å². The van der Waals surface area contributed by atoms with Gasteiger partial charge in [-0.3, -0.25) is 4.79 Å². The largest absolute Gasteiger partial charge is 0.496 e. The molecule has 1 aromatic rings. The summed E-state index contributed by atoms with van der Waals surface area (Å²) in [6.45, 7) is -0.700. The highest BCUT2D eigenvalue weighted by Crippen LogP contribution is 2.33. The van der Waals surface area contributed by atoms with Crippen LogP contribution in [0.2, 0.25) is 0 Å². The fourth-order valence-electron chi connectivity index (χ4n) is 1.68. The van der Waals surface area contributed by atoms with Gasteiger partial charge in [-0.1, -0.05) is 0 Å². The summed E-state index contributed by atoms with van der Waals surface area (Å²) in [6, 6.07) is 2.25. The van der Waals surface area contributed by atoms with Crippen LogP contribution in [0.4, 0.5) is 4.39 Å². The number of hydrogen-bond donors (Lipinski definition) is 2. The lowest BCUT2D eigenvalue weighted by Gasteiger charge is -2.17. The van der Waals surface area contributed by atoms with E-state index in [2.05, 4.69) is 0 Å². The molecular formula is C12H16FNO4. The number of ether oxygens (including phenoxy) is 2. The van der Waals surface area contributed by atoms with E-state index < -0.39 is 18.7 Å². The number of aliphatic carboxylic acids is 1. The number of benzene rings is 1. The van der Waals surface area contributed by atoms with Crippen molar-refractivity contribution in [2.75, 3.05) is 14.2 Å². The van der Waals surface area contributed by atoms with E-state index in [1.807, 2.05) is 0 Å². The monoisotopic (exact) mass is 257 g/mol. The Labute approximate surface area is 104 Å². The minimum absolute atomic E-state index is 0.242. The van der Waals surface area contributed by atoms with Crippen LogP contribution in [0, 0.1) is 0 Å². The third-order valence-corrected chi connectivity index (χ3v) is 2.57. The lowest BCUT2D eigenvalue weighted by molar-refractivity contribution is -0.137. The van der Waals surface area contributed by atoms with Gasteiger partial charge in [0, 0.05) is 17.2 Å². The zero-order valence-electron chi connectivity index (χ0n) is 10.3. The third-order valence-electron chi connectivity index (χ3n) is 2.57. The minimum Gasteiger partial charge on any atom is -0.496 e. The van der Waals surface area contributed by atoms with E-state index in [4.69, 9.17) is 20.3 Å². The minimum atomic E-state index is -1.02. The normalized spacial score (nSPS) is 12.0. The summed E-state index contributed by atoms with van der Waals surface area (Å²) in [5, 5.41) is 8.72. The summed E-state index contributed by atoms with van der Waals surface area (Å²) < 4.78 is 22.9. The molecule has 1 aromatic carbocycles. The maximum atomic E-state index is 12.8. The molecule has 0 aliphatic rings. The van der Waals surface area contributed by atoms with Crippen LogP contribution >= 0.6 is 0 Å². The van der Waals surface area contributed by atoms with Crippen molar-refractivity contribution in [3.8, 4) is 11.5 Å². The van der Waals surface area contributed by atoms with E-state index >= 15 is 0 Å². The Morgan fingerprint density at radius 2 is 2.00 bits per heavy atom. The molecule has 3 N–H and O–H groups in total. The predicted octanol–water partition coefficient (Wildman–Crippen LogP) is 1.65. The number of carbonyl (C=O) groups is 1. The summed E-state index contributed by atoms with van der Waals surface area (Å²) in [7, 11) is 2.83. The Kier molecular flexibility index (Phi) is 4.91. The molecule has 6 heteroatoms. The topological polar surface area (TPSA) is 81.8 Å². The molecule has 0 saturated carbocycles. The number of rotatable bonds is 6. The molecule has 0 saturated heterocycles. The summed E-state index contributed by atoms with van der Waals surface area (Å²) in [4.78, 5) is 10.6. The Hall–Kier alpha value is -1.82. The molecular weight excluding hydrogens is 241 g/mol. The molecule has 0 aliphatic carbocycles. The number of carboxylic acid groups (broad SMARTS) is 1. The van der Waals surface area contributed by atoms with Crippen molar-refractivity contribution in [2.45, 2.75) is 19.1 Å². The van der Waals surface area contributed by atoms with Gasteiger partial charge in [-0.05, 0) is 12.1 Å². The van der Waals surface area contributed by atoms with E-state index in [0.717, 1.165) is 0 Å². The number of methoxy groups -OCH3 is 2. The van der Waals surface area contributed by atoms with E-state index in [1.165, 1.54) is 26.4 Å². The first kappa shape index (κ1) is 14.2. The molecule has 100 valence electrons. The molecule has 0 aliphatic heterocycles. The number of alkyl halides is 1. The standard InChI is InChI=1S/C12H16FNO4/c1-17-10-4-8(9(14)5-12(15)16)11(18-2)3-7(10)6-13/h3-4,9H,5-6,14H2,1-2H3,(H,15,16). The number of halogens is 1. The Morgan fingerprint density at radius 3 is 2.44 bits per heavy atom. The highest BCUT2D eigenvalue weighted by atomic mass is 19.1. The van der Waals surface area contributed by atoms with Gasteiger partial charge in [-0.2, -0.15) is 0 Å². The van der Waals surface area contributed by atoms with Crippen LogP contribution in [0.1, 0.15) is 23.6 Å². The van der Waals surface area contributed by atoms with Gasteiger partial charge in [-0.15, -0.1) is 0 Å². The average molecular weight is 257 g/mol. The van der Waals surface area contributed by atoms with Crippen molar-refractivity contribution in [3.05, 3.63) is 23.3 Å². The molecule has 18 heavy (non-hydrogen) atoms. The van der Waals surface area contributed by atoms with Gasteiger partial charge in [0.15, 0.2) is 0 Å². The maximum absolute atomic E-state index is 12.8. The fraction of sp³-hybridized carbons (Fsp3) is 0.417. The lowest BCUT2D eigenvalue weighted by atomic mass is 10.0. The summed E-state index contributed by atoms with van der Waals surface area (Å²) in [6.07, 6.45) is -0.242. The van der Waals surface area contributed by atoms with Crippen LogP contribution in [0.15, 0.2) is 12.1 Å². The predicted molar refractivity (Wildman–Crippen MR) is 63.5 cm³/mol. The first-order chi connectivity index (χ1) is 8.53. The number of hydrogen-bond acceptors (Lipinski definition) is 4. The molecule has 5 nitrogen and oxygen atoms in total. The second-order valence-corrected chi connectivity index (χ2v) is 3.74. The lowest BCUT2D eigenvalue weighted by Crippen LogP contribution is -2.16. The second-order valence-electron chi connectivity index (χ2n) is 3.74. The quantitative estimate of drug-likeness (QED) is 0.809. The molecule has 1 unspecified atom stereocenters. The van der Waals surface area contributed by atoms with Crippen molar-refractivity contribution in [1.29, 1.82) is 0 Å². The van der Waals surface area contributed by atoms with Gasteiger partial charge < -0.3 is 20.3 Å². The maximum Gasteiger partial charge on any atom is 0.305 e. The summed E-state index contributed by atoms with van der Waals surface area (Å²) in [5.74, 6) is -0.329. The van der Waals surface area contributed by atoms with Crippen LogP contribution in [0.3, 0.4) is 0 Å². The van der Waals surface area contributed by atoms with Gasteiger partial charge in [-0.25, -0.2) is 4.39 Å². The van der Waals surface area contributed by atoms with Gasteiger partial charge in [0.05, 0.1) is 20.6 Å². The summed E-state index contributed by atoms with van der Waals surface area (Å²) in [5.41, 5.74) is 6.59. The molecule has 1 atom stereocenters. The van der Waals surface area contributed by atoms with Crippen LogP contribution in [-0.4, -0.2) is 25.3 Å². The van der Waals surface area contributed by atoms with E-state index in [-0.39, 0.29) is 6.42 Å².